The summed E-state index contributed by atoms with van der Waals surface area (Å²) in [5.41, 5.74) is 9.65. The quantitative estimate of drug-likeness (QED) is 0.232. The van der Waals surface area contributed by atoms with Gasteiger partial charge in [0.05, 0.1) is 11.0 Å². The van der Waals surface area contributed by atoms with Crippen molar-refractivity contribution in [1.29, 1.82) is 0 Å². The Morgan fingerprint density at radius 3 is 1.49 bits per heavy atom. The minimum absolute atomic E-state index is 0.0320. The zero-order valence-corrected chi connectivity index (χ0v) is 21.9. The number of pyridine rings is 2. The second-order valence-electron chi connectivity index (χ2n) is 10.6. The van der Waals surface area contributed by atoms with Gasteiger partial charge in [0.2, 0.25) is 0 Å². The van der Waals surface area contributed by atoms with Crippen LogP contribution in [0.2, 0.25) is 0 Å². The van der Waals surface area contributed by atoms with Crippen LogP contribution in [0.25, 0.3) is 44.1 Å². The van der Waals surface area contributed by atoms with Crippen LogP contribution in [0.1, 0.15) is 0 Å². The molecular weight excluding hydrogens is 503 g/mol. The topological polar surface area (TPSA) is 44.2 Å². The number of nitrogens with zero attached hydrogens (tertiary/aromatic N) is 2. The molecule has 0 unspecified atom stereocenters. The predicted octanol–water partition coefficient (Wildman–Crippen LogP) is 6.84. The molecule has 0 aliphatic carbocycles. The molecule has 0 bridgehead atoms. The highest BCUT2D eigenvalue weighted by molar-refractivity contribution is 6.98. The largest absolute Gasteiger partial charge is 0.458 e. The Bertz CT molecular complexity index is 2040. The van der Waals surface area contributed by atoms with Gasteiger partial charge in [-0.3, -0.25) is 9.97 Å². The molecule has 5 heteroatoms. The van der Waals surface area contributed by atoms with E-state index in [0.717, 1.165) is 83.4 Å². The van der Waals surface area contributed by atoms with E-state index >= 15 is 0 Å². The molecule has 2 aromatic heterocycles. The number of fused-ring (bicyclic) bond motifs is 6. The number of hydrogen-bond donors (Lipinski definition) is 0. The third-order valence-corrected chi connectivity index (χ3v) is 8.24. The summed E-state index contributed by atoms with van der Waals surface area (Å²) in [5, 5.41) is 2.24. The molecule has 0 saturated heterocycles. The number of benzene rings is 5. The van der Waals surface area contributed by atoms with Crippen molar-refractivity contribution >= 4 is 44.9 Å². The molecule has 190 valence electrons. The van der Waals surface area contributed by atoms with Crippen LogP contribution < -0.4 is 25.9 Å². The van der Waals surface area contributed by atoms with Crippen molar-refractivity contribution < 1.29 is 9.47 Å². The zero-order chi connectivity index (χ0) is 26.9. The summed E-state index contributed by atoms with van der Waals surface area (Å²) in [7, 11) is 0. The van der Waals surface area contributed by atoms with Crippen molar-refractivity contribution in [3.8, 4) is 45.3 Å². The summed E-state index contributed by atoms with van der Waals surface area (Å²) in [6, 6.07) is 39.8. The average molecular weight is 524 g/mol. The number of hydrogen-bond acceptors (Lipinski definition) is 4. The monoisotopic (exact) mass is 524 g/mol. The summed E-state index contributed by atoms with van der Waals surface area (Å²) >= 11 is 0. The van der Waals surface area contributed by atoms with Crippen molar-refractivity contribution in [2.45, 2.75) is 0 Å². The fourth-order valence-electron chi connectivity index (χ4n) is 6.25. The minimum atomic E-state index is -0.0320. The maximum absolute atomic E-state index is 6.46. The third-order valence-electron chi connectivity index (χ3n) is 8.24. The molecule has 0 N–H and O–H groups in total. The first-order valence-corrected chi connectivity index (χ1v) is 13.8. The van der Waals surface area contributed by atoms with Crippen LogP contribution in [0, 0.1) is 0 Å². The fraction of sp³-hybridized carbons (Fsp3) is 0. The lowest BCUT2D eigenvalue weighted by Crippen LogP contribution is -2.57. The number of aromatic nitrogens is 2. The molecule has 9 rings (SSSR count). The van der Waals surface area contributed by atoms with E-state index in [2.05, 4.69) is 72.8 Å². The van der Waals surface area contributed by atoms with Crippen molar-refractivity contribution in [2.75, 3.05) is 0 Å². The van der Waals surface area contributed by atoms with Gasteiger partial charge in [-0.25, -0.2) is 0 Å². The average Bonchev–Trinajstić information content (AvgIpc) is 3.04. The second-order valence-corrected chi connectivity index (χ2v) is 10.6. The van der Waals surface area contributed by atoms with E-state index in [1.807, 2.05) is 54.9 Å². The number of ether oxygens (including phenoxy) is 2. The fourth-order valence-corrected chi connectivity index (χ4v) is 6.25. The Hall–Kier alpha value is -5.42. The van der Waals surface area contributed by atoms with Crippen molar-refractivity contribution in [2.24, 2.45) is 0 Å². The van der Waals surface area contributed by atoms with E-state index in [4.69, 9.17) is 19.4 Å². The Morgan fingerprint density at radius 2 is 0.951 bits per heavy atom. The molecule has 0 spiro atoms. The van der Waals surface area contributed by atoms with Crippen LogP contribution in [0.3, 0.4) is 0 Å². The highest BCUT2D eigenvalue weighted by Crippen LogP contribution is 2.36. The van der Waals surface area contributed by atoms with E-state index in [-0.39, 0.29) is 6.71 Å². The van der Waals surface area contributed by atoms with E-state index in [9.17, 15) is 0 Å². The van der Waals surface area contributed by atoms with Gasteiger partial charge < -0.3 is 9.47 Å². The van der Waals surface area contributed by atoms with Gasteiger partial charge in [0.1, 0.15) is 23.0 Å². The Morgan fingerprint density at radius 1 is 0.439 bits per heavy atom. The molecule has 4 heterocycles. The van der Waals surface area contributed by atoms with E-state index in [1.54, 1.807) is 0 Å². The molecule has 0 radical (unpaired) electrons. The van der Waals surface area contributed by atoms with Gasteiger partial charge in [-0.2, -0.15) is 0 Å². The summed E-state index contributed by atoms with van der Waals surface area (Å²) in [6.45, 7) is -0.0320. The first-order valence-electron chi connectivity index (χ1n) is 13.8. The number of para-hydroxylation sites is 2. The van der Waals surface area contributed by atoms with Crippen LogP contribution in [-0.4, -0.2) is 16.7 Å². The molecule has 0 fully saturated rings. The third kappa shape index (κ3) is 3.49. The highest BCUT2D eigenvalue weighted by Gasteiger charge is 2.40. The van der Waals surface area contributed by atoms with Crippen molar-refractivity contribution in [1.82, 2.24) is 9.97 Å². The molecule has 41 heavy (non-hydrogen) atoms. The van der Waals surface area contributed by atoms with E-state index < -0.39 is 0 Å². The highest BCUT2D eigenvalue weighted by atomic mass is 16.5. The molecule has 4 nitrogen and oxygen atoms in total. The van der Waals surface area contributed by atoms with Gasteiger partial charge >= 0.3 is 0 Å². The molecule has 5 aromatic carbocycles. The van der Waals surface area contributed by atoms with Gasteiger partial charge in [0, 0.05) is 39.8 Å². The van der Waals surface area contributed by atoms with Crippen molar-refractivity contribution in [3.05, 3.63) is 128 Å². The van der Waals surface area contributed by atoms with Gasteiger partial charge in [-0.15, -0.1) is 0 Å². The molecule has 0 amide bonds. The predicted molar refractivity (Wildman–Crippen MR) is 166 cm³/mol. The standard InChI is InChI=1S/C36H21BN2O2/c1-3-8-30-24(6-1)16-26(20-38-30)22-12-14-32-28(18-22)37-29-19-23(27-17-25-7-2-4-9-31(25)39-21-27)13-15-33(29)41-35-11-5-10-34(40-32)36(35)37/h1-21H. The van der Waals surface area contributed by atoms with Crippen LogP contribution in [0.4, 0.5) is 0 Å². The minimum Gasteiger partial charge on any atom is -0.458 e. The molecule has 2 aliphatic heterocycles. The lowest BCUT2D eigenvalue weighted by atomic mass is 9.34. The maximum atomic E-state index is 6.46. The van der Waals surface area contributed by atoms with Crippen LogP contribution in [0.5, 0.6) is 23.0 Å². The van der Waals surface area contributed by atoms with Crippen LogP contribution >= 0.6 is 0 Å². The van der Waals surface area contributed by atoms with E-state index in [1.165, 1.54) is 0 Å². The molecule has 7 aromatic rings. The molecule has 2 aliphatic rings. The summed E-state index contributed by atoms with van der Waals surface area (Å²) < 4.78 is 12.9. The second kappa shape index (κ2) is 8.54. The normalized spacial score (nSPS) is 12.7. The van der Waals surface area contributed by atoms with Gasteiger partial charge in [-0.05, 0) is 70.6 Å². The van der Waals surface area contributed by atoms with E-state index in [0.29, 0.717) is 0 Å². The number of rotatable bonds is 2. The Labute approximate surface area is 237 Å². The smallest absolute Gasteiger partial charge is 0.260 e. The zero-order valence-electron chi connectivity index (χ0n) is 21.9. The van der Waals surface area contributed by atoms with Crippen LogP contribution in [0.15, 0.2) is 128 Å². The summed E-state index contributed by atoms with van der Waals surface area (Å²) in [5.74, 6) is 3.40. The Balaban J connectivity index is 1.22. The SMILES string of the molecule is c1cc2c3c(c1)Oc1ccc(-c4cnc5ccccc5c4)cc1B3c1cc(-c3cnc4ccccc4c3)ccc1O2. The van der Waals surface area contributed by atoms with Gasteiger partial charge in [0.15, 0.2) is 0 Å². The molecule has 0 saturated carbocycles. The molecular formula is C36H21BN2O2. The van der Waals surface area contributed by atoms with Gasteiger partial charge in [0.25, 0.3) is 6.71 Å². The summed E-state index contributed by atoms with van der Waals surface area (Å²) in [4.78, 5) is 9.43. The first-order chi connectivity index (χ1) is 20.3. The molecule has 0 atom stereocenters. The van der Waals surface area contributed by atoms with Gasteiger partial charge in [-0.1, -0.05) is 66.7 Å². The first kappa shape index (κ1) is 22.4. The lowest BCUT2D eigenvalue weighted by molar-refractivity contribution is 0.464. The summed E-state index contributed by atoms with van der Waals surface area (Å²) in [6.07, 6.45) is 3.91. The van der Waals surface area contributed by atoms with Crippen LogP contribution in [-0.2, 0) is 0 Å². The Kier molecular flexibility index (Phi) is 4.67. The maximum Gasteiger partial charge on any atom is 0.260 e. The van der Waals surface area contributed by atoms with Crippen molar-refractivity contribution in [3.63, 3.8) is 0 Å². The lowest BCUT2D eigenvalue weighted by Gasteiger charge is -2.33.